The van der Waals surface area contributed by atoms with Crippen LogP contribution in [0, 0.1) is 0 Å². The number of amides is 1. The summed E-state index contributed by atoms with van der Waals surface area (Å²) in [7, 11) is 0. The lowest BCUT2D eigenvalue weighted by molar-refractivity contribution is -0.138. The molecule has 2 rings (SSSR count). The summed E-state index contributed by atoms with van der Waals surface area (Å²) in [4.78, 5) is 22.5. The van der Waals surface area contributed by atoms with Crippen LogP contribution in [0.25, 0.3) is 0 Å². The number of nitrogens with one attached hydrogen (secondary N) is 1. The molecular formula is C17H10Br2F5NO3. The second-order valence-corrected chi connectivity index (χ2v) is 7.44. The Hall–Kier alpha value is -2.01. The number of aliphatic carboxylic acids is 1. The van der Waals surface area contributed by atoms with Gasteiger partial charge in [0.15, 0.2) is 0 Å². The van der Waals surface area contributed by atoms with Crippen molar-refractivity contribution in [3.05, 3.63) is 67.6 Å². The van der Waals surface area contributed by atoms with Gasteiger partial charge in [-0.3, -0.25) is 9.59 Å². The largest absolute Gasteiger partial charge is 0.480 e. The maximum absolute atomic E-state index is 14.9. The van der Waals surface area contributed by atoms with Crippen molar-refractivity contribution in [3.8, 4) is 0 Å². The van der Waals surface area contributed by atoms with Gasteiger partial charge in [0.1, 0.15) is 6.54 Å². The molecule has 150 valence electrons. The Kier molecular flexibility index (Phi) is 6.49. The fourth-order valence-electron chi connectivity index (χ4n) is 2.26. The van der Waals surface area contributed by atoms with Crippen LogP contribution in [0.1, 0.15) is 27.0 Å². The van der Waals surface area contributed by atoms with E-state index in [9.17, 15) is 31.5 Å². The highest BCUT2D eigenvalue weighted by Crippen LogP contribution is 2.41. The van der Waals surface area contributed by atoms with Gasteiger partial charge in [0, 0.05) is 25.6 Å². The zero-order valence-corrected chi connectivity index (χ0v) is 16.8. The van der Waals surface area contributed by atoms with Gasteiger partial charge in [-0.25, -0.2) is 0 Å². The van der Waals surface area contributed by atoms with Gasteiger partial charge in [0.2, 0.25) is 0 Å². The van der Waals surface area contributed by atoms with E-state index < -0.39 is 47.2 Å². The maximum atomic E-state index is 14.9. The van der Waals surface area contributed by atoms with E-state index in [1.165, 1.54) is 6.07 Å². The molecule has 0 aromatic heterocycles. The van der Waals surface area contributed by atoms with Crippen molar-refractivity contribution in [2.75, 3.05) is 6.54 Å². The van der Waals surface area contributed by atoms with Crippen molar-refractivity contribution in [3.63, 3.8) is 0 Å². The molecule has 0 aliphatic rings. The first-order valence-corrected chi connectivity index (χ1v) is 8.96. The first kappa shape index (κ1) is 22.3. The van der Waals surface area contributed by atoms with Gasteiger partial charge >= 0.3 is 12.1 Å². The highest BCUT2D eigenvalue weighted by Gasteiger charge is 2.38. The fraction of sp³-hybridized carbons (Fsp3) is 0.176. The molecule has 2 N–H and O–H groups in total. The normalized spacial score (nSPS) is 12.0. The molecule has 0 atom stereocenters. The Balaban J connectivity index is 2.50. The Bertz CT molecular complexity index is 931. The van der Waals surface area contributed by atoms with Crippen molar-refractivity contribution in [2.45, 2.75) is 12.1 Å². The van der Waals surface area contributed by atoms with Crippen molar-refractivity contribution in [2.24, 2.45) is 0 Å². The number of rotatable bonds is 5. The Morgan fingerprint density at radius 3 is 1.89 bits per heavy atom. The van der Waals surface area contributed by atoms with Crippen LogP contribution in [0.2, 0.25) is 0 Å². The Morgan fingerprint density at radius 2 is 1.36 bits per heavy atom. The topological polar surface area (TPSA) is 66.4 Å². The number of carboxylic acid groups (broad SMARTS) is 1. The van der Waals surface area contributed by atoms with Crippen LogP contribution < -0.4 is 5.32 Å². The van der Waals surface area contributed by atoms with Gasteiger partial charge in [0.25, 0.3) is 11.8 Å². The minimum Gasteiger partial charge on any atom is -0.480 e. The average Bonchev–Trinajstić information content (AvgIpc) is 2.57. The molecule has 0 aliphatic carbocycles. The lowest BCUT2D eigenvalue weighted by atomic mass is 9.97. The quantitative estimate of drug-likeness (QED) is 0.523. The van der Waals surface area contributed by atoms with Crippen molar-refractivity contribution < 1.29 is 36.6 Å². The Morgan fingerprint density at radius 1 is 0.857 bits per heavy atom. The third-order valence-electron chi connectivity index (χ3n) is 3.51. The van der Waals surface area contributed by atoms with Crippen molar-refractivity contribution in [1.29, 1.82) is 0 Å². The van der Waals surface area contributed by atoms with Gasteiger partial charge in [-0.1, -0.05) is 31.9 Å². The average molecular weight is 531 g/mol. The van der Waals surface area contributed by atoms with E-state index in [1.807, 2.05) is 5.32 Å². The molecule has 1 amide bonds. The standard InChI is InChI=1S/C17H10Br2F5NO3/c18-12-2-8(15(28)25-7-14(26)27)1-9(4-12)16(20,21)10-3-11(17(22,23)24)6-13(19)5-10/h1-6H,7H2,(H,25,28)(H,26,27). The number of benzene rings is 2. The van der Waals surface area contributed by atoms with Crippen LogP contribution in [-0.2, 0) is 16.9 Å². The van der Waals surface area contributed by atoms with Crippen LogP contribution in [0.3, 0.4) is 0 Å². The number of alkyl halides is 5. The highest BCUT2D eigenvalue weighted by molar-refractivity contribution is 9.10. The molecule has 0 heterocycles. The van der Waals surface area contributed by atoms with Crippen LogP contribution in [0.5, 0.6) is 0 Å². The molecule has 2 aromatic carbocycles. The molecule has 0 spiro atoms. The number of carbonyl (C=O) groups is 2. The lowest BCUT2D eigenvalue weighted by Gasteiger charge is -2.20. The lowest BCUT2D eigenvalue weighted by Crippen LogP contribution is -2.29. The van der Waals surface area contributed by atoms with E-state index in [0.29, 0.717) is 12.1 Å². The van der Waals surface area contributed by atoms with Crippen LogP contribution >= 0.6 is 31.9 Å². The zero-order chi connectivity index (χ0) is 21.3. The van der Waals surface area contributed by atoms with E-state index in [-0.39, 0.29) is 14.5 Å². The molecule has 4 nitrogen and oxygen atoms in total. The summed E-state index contributed by atoms with van der Waals surface area (Å²) in [6, 6.07) is 4.78. The van der Waals surface area contributed by atoms with Crippen molar-refractivity contribution in [1.82, 2.24) is 5.32 Å². The summed E-state index contributed by atoms with van der Waals surface area (Å²) in [6.45, 7) is -0.725. The van der Waals surface area contributed by atoms with E-state index in [0.717, 1.165) is 18.2 Å². The van der Waals surface area contributed by atoms with E-state index >= 15 is 0 Å². The predicted octanol–water partition coefficient (Wildman–Crippen LogP) is 5.18. The second-order valence-electron chi connectivity index (χ2n) is 5.61. The molecule has 11 heteroatoms. The van der Waals surface area contributed by atoms with Crippen LogP contribution in [-0.4, -0.2) is 23.5 Å². The summed E-state index contributed by atoms with van der Waals surface area (Å²) in [5.74, 6) is -6.12. The maximum Gasteiger partial charge on any atom is 0.416 e. The molecular weight excluding hydrogens is 521 g/mol. The molecule has 0 aliphatic heterocycles. The molecule has 0 saturated carbocycles. The summed E-state index contributed by atoms with van der Waals surface area (Å²) in [5.41, 5.74) is -3.21. The van der Waals surface area contributed by atoms with Crippen LogP contribution in [0.4, 0.5) is 22.0 Å². The molecule has 28 heavy (non-hydrogen) atoms. The minimum absolute atomic E-state index is 0.0659. The van der Waals surface area contributed by atoms with Gasteiger partial charge in [-0.2, -0.15) is 22.0 Å². The molecule has 2 aromatic rings. The number of hydrogen-bond donors (Lipinski definition) is 2. The molecule has 0 unspecified atom stereocenters. The number of carbonyl (C=O) groups excluding carboxylic acids is 1. The van der Waals surface area contributed by atoms with Gasteiger partial charge in [0.05, 0.1) is 5.56 Å². The summed E-state index contributed by atoms with van der Waals surface area (Å²) >= 11 is 5.76. The van der Waals surface area contributed by atoms with E-state index in [4.69, 9.17) is 5.11 Å². The van der Waals surface area contributed by atoms with E-state index in [2.05, 4.69) is 31.9 Å². The van der Waals surface area contributed by atoms with E-state index in [1.54, 1.807) is 0 Å². The summed E-state index contributed by atoms with van der Waals surface area (Å²) in [6.07, 6.45) is -4.83. The van der Waals surface area contributed by atoms with Gasteiger partial charge < -0.3 is 10.4 Å². The van der Waals surface area contributed by atoms with Crippen LogP contribution in [0.15, 0.2) is 45.3 Å². The molecule has 0 bridgehead atoms. The molecule has 0 saturated heterocycles. The molecule has 0 radical (unpaired) electrons. The zero-order valence-electron chi connectivity index (χ0n) is 13.6. The van der Waals surface area contributed by atoms with Gasteiger partial charge in [-0.15, -0.1) is 0 Å². The molecule has 0 fully saturated rings. The fourth-order valence-corrected chi connectivity index (χ4v) is 3.25. The first-order valence-electron chi connectivity index (χ1n) is 7.38. The SMILES string of the molecule is O=C(O)CNC(=O)c1cc(Br)cc(C(F)(F)c2cc(Br)cc(C(F)(F)F)c2)c1. The third-order valence-corrected chi connectivity index (χ3v) is 4.43. The first-order chi connectivity index (χ1) is 12.8. The monoisotopic (exact) mass is 529 g/mol. The third kappa shape index (κ3) is 5.28. The summed E-state index contributed by atoms with van der Waals surface area (Å²) in [5, 5.41) is 10.6. The Labute approximate surface area is 172 Å². The smallest absolute Gasteiger partial charge is 0.416 e. The number of carboxylic acids is 1. The predicted molar refractivity (Wildman–Crippen MR) is 96.3 cm³/mol. The minimum atomic E-state index is -4.83. The van der Waals surface area contributed by atoms with Gasteiger partial charge in [-0.05, 0) is 36.4 Å². The number of halogens is 7. The second kappa shape index (κ2) is 8.16. The van der Waals surface area contributed by atoms with Crippen molar-refractivity contribution >= 4 is 43.7 Å². The summed E-state index contributed by atoms with van der Waals surface area (Å²) < 4.78 is 68.6. The number of hydrogen-bond acceptors (Lipinski definition) is 2. The highest BCUT2D eigenvalue weighted by atomic mass is 79.9.